The van der Waals surface area contributed by atoms with E-state index in [-0.39, 0.29) is 23.3 Å². The van der Waals surface area contributed by atoms with Gasteiger partial charge in [0, 0.05) is 6.07 Å². The molecule has 2 aromatic carbocycles. The van der Waals surface area contributed by atoms with Gasteiger partial charge in [-0.1, -0.05) is 23.7 Å². The molecule has 30 heavy (non-hydrogen) atoms. The zero-order valence-electron chi connectivity index (χ0n) is 16.6. The van der Waals surface area contributed by atoms with Gasteiger partial charge in [0.15, 0.2) is 23.0 Å². The van der Waals surface area contributed by atoms with Crippen LogP contribution in [-0.4, -0.2) is 50.5 Å². The highest BCUT2D eigenvalue weighted by molar-refractivity contribution is 8.18. The first-order valence-corrected chi connectivity index (χ1v) is 10.1. The highest BCUT2D eigenvalue weighted by Crippen LogP contribution is 2.37. The van der Waals surface area contributed by atoms with E-state index in [9.17, 15) is 9.59 Å². The molecule has 0 atom stereocenters. The maximum atomic E-state index is 12.7. The van der Waals surface area contributed by atoms with Crippen molar-refractivity contribution in [3.8, 4) is 23.0 Å². The molecule has 0 aromatic heterocycles. The van der Waals surface area contributed by atoms with Crippen LogP contribution >= 0.6 is 23.4 Å². The highest BCUT2D eigenvalue weighted by atomic mass is 35.5. The second kappa shape index (κ2) is 9.77. The zero-order chi connectivity index (χ0) is 21.7. The summed E-state index contributed by atoms with van der Waals surface area (Å²) in [6, 6.07) is 10.4. The van der Waals surface area contributed by atoms with Crippen LogP contribution in [0.1, 0.15) is 5.56 Å². The van der Waals surface area contributed by atoms with Crippen molar-refractivity contribution in [1.29, 1.82) is 0 Å². The summed E-state index contributed by atoms with van der Waals surface area (Å²) in [6.07, 6.45) is 1.57. The van der Waals surface area contributed by atoms with Gasteiger partial charge >= 0.3 is 0 Å². The fourth-order valence-corrected chi connectivity index (χ4v) is 3.86. The van der Waals surface area contributed by atoms with Crippen molar-refractivity contribution >= 4 is 40.6 Å². The van der Waals surface area contributed by atoms with Crippen molar-refractivity contribution in [3.63, 3.8) is 0 Å². The number of para-hydroxylation sites is 2. The second-order valence-corrected chi connectivity index (χ2v) is 7.46. The third-order valence-electron chi connectivity index (χ3n) is 4.30. The van der Waals surface area contributed by atoms with Crippen LogP contribution in [0.15, 0.2) is 41.3 Å². The Morgan fingerprint density at radius 2 is 1.60 bits per heavy atom. The first-order chi connectivity index (χ1) is 14.5. The maximum absolute atomic E-state index is 12.7. The molecule has 7 nitrogen and oxygen atoms in total. The number of rotatable bonds is 8. The minimum atomic E-state index is -0.403. The maximum Gasteiger partial charge on any atom is 0.293 e. The van der Waals surface area contributed by atoms with Gasteiger partial charge in [-0.25, -0.2) is 0 Å². The fraction of sp³-hybridized carbons (Fsp3) is 0.238. The molecule has 0 N–H and O–H groups in total. The van der Waals surface area contributed by atoms with Gasteiger partial charge in [-0.2, -0.15) is 0 Å². The first kappa shape index (κ1) is 21.9. The molecule has 0 spiro atoms. The number of methoxy groups -OCH3 is 3. The van der Waals surface area contributed by atoms with E-state index in [0.717, 1.165) is 16.7 Å². The Bertz CT molecular complexity index is 993. The highest BCUT2D eigenvalue weighted by Gasteiger charge is 2.35. The summed E-state index contributed by atoms with van der Waals surface area (Å²) in [5, 5.41) is 0.00503. The van der Waals surface area contributed by atoms with Crippen LogP contribution in [0, 0.1) is 0 Å². The molecule has 3 rings (SSSR count). The number of imide groups is 1. The molecule has 2 aromatic rings. The van der Waals surface area contributed by atoms with Crippen molar-refractivity contribution in [2.75, 3.05) is 34.5 Å². The lowest BCUT2D eigenvalue weighted by Gasteiger charge is -2.14. The second-order valence-electron chi connectivity index (χ2n) is 6.06. The van der Waals surface area contributed by atoms with E-state index >= 15 is 0 Å². The molecule has 0 radical (unpaired) electrons. The minimum absolute atomic E-state index is 0.111. The van der Waals surface area contributed by atoms with Crippen LogP contribution in [0.5, 0.6) is 23.0 Å². The van der Waals surface area contributed by atoms with Crippen molar-refractivity contribution in [3.05, 3.63) is 51.9 Å². The molecule has 158 valence electrons. The smallest absolute Gasteiger partial charge is 0.293 e. The lowest BCUT2D eigenvalue weighted by Crippen LogP contribution is -2.32. The van der Waals surface area contributed by atoms with Crippen LogP contribution < -0.4 is 18.9 Å². The third kappa shape index (κ3) is 4.66. The van der Waals surface area contributed by atoms with Gasteiger partial charge < -0.3 is 18.9 Å². The fourth-order valence-electron chi connectivity index (χ4n) is 2.80. The molecule has 0 bridgehead atoms. The van der Waals surface area contributed by atoms with E-state index in [2.05, 4.69) is 0 Å². The summed E-state index contributed by atoms with van der Waals surface area (Å²) in [4.78, 5) is 26.4. The molecule has 1 aliphatic rings. The number of thioether (sulfide) groups is 1. The summed E-state index contributed by atoms with van der Waals surface area (Å²) in [6.45, 7) is 0.253. The third-order valence-corrected chi connectivity index (χ3v) is 5.54. The van der Waals surface area contributed by atoms with Crippen molar-refractivity contribution in [2.45, 2.75) is 0 Å². The molecule has 2 amide bonds. The number of benzene rings is 2. The summed E-state index contributed by atoms with van der Waals surface area (Å²) >= 11 is 7.14. The Kier molecular flexibility index (Phi) is 7.12. The number of amides is 2. The van der Waals surface area contributed by atoms with Crippen molar-refractivity contribution < 1.29 is 28.5 Å². The number of ether oxygens (including phenoxy) is 4. The lowest BCUT2D eigenvalue weighted by molar-refractivity contribution is -0.123. The van der Waals surface area contributed by atoms with Gasteiger partial charge in [0.2, 0.25) is 0 Å². The summed E-state index contributed by atoms with van der Waals surface area (Å²) in [7, 11) is 4.56. The molecule has 1 fully saturated rings. The Morgan fingerprint density at radius 3 is 2.27 bits per heavy atom. The van der Waals surface area contributed by atoms with Crippen molar-refractivity contribution in [1.82, 2.24) is 4.90 Å². The van der Waals surface area contributed by atoms with E-state index in [1.54, 1.807) is 37.5 Å². The monoisotopic (exact) mass is 449 g/mol. The lowest BCUT2D eigenvalue weighted by atomic mass is 10.1. The Hall–Kier alpha value is -2.84. The predicted molar refractivity (Wildman–Crippen MR) is 116 cm³/mol. The van der Waals surface area contributed by atoms with Crippen LogP contribution in [0.25, 0.3) is 6.08 Å². The molecule has 1 saturated heterocycles. The number of nitrogens with zero attached hydrogens (tertiary/aromatic N) is 1. The van der Waals surface area contributed by atoms with E-state index in [1.165, 1.54) is 14.2 Å². The van der Waals surface area contributed by atoms with Crippen LogP contribution in [-0.2, 0) is 4.79 Å². The normalized spacial score (nSPS) is 14.9. The van der Waals surface area contributed by atoms with E-state index in [0.29, 0.717) is 33.6 Å². The van der Waals surface area contributed by atoms with E-state index in [1.807, 2.05) is 12.1 Å². The minimum Gasteiger partial charge on any atom is -0.493 e. The number of hydrogen-bond donors (Lipinski definition) is 0. The Labute approximate surface area is 183 Å². The van der Waals surface area contributed by atoms with Gasteiger partial charge in [-0.05, 0) is 41.6 Å². The predicted octanol–water partition coefficient (Wildman–Crippen LogP) is 4.48. The largest absolute Gasteiger partial charge is 0.493 e. The standard InChI is InChI=1S/C21H20ClNO6S/c1-26-15-6-4-5-7-16(15)29-9-8-23-20(24)19(30-21(23)25)11-13-10-17(27-2)18(28-3)12-14(13)22/h4-7,10-12H,8-9H2,1-3H3/b19-11-. The summed E-state index contributed by atoms with van der Waals surface area (Å²) < 4.78 is 21.4. The molecular weight excluding hydrogens is 430 g/mol. The number of carbonyl (C=O) groups excluding carboxylic acids is 2. The molecule has 1 aliphatic heterocycles. The Balaban J connectivity index is 1.72. The van der Waals surface area contributed by atoms with Crippen LogP contribution in [0.2, 0.25) is 5.02 Å². The molecule has 0 saturated carbocycles. The van der Waals surface area contributed by atoms with E-state index in [4.69, 9.17) is 30.5 Å². The molecule has 0 aliphatic carbocycles. The van der Waals surface area contributed by atoms with E-state index < -0.39 is 5.91 Å². The van der Waals surface area contributed by atoms with Gasteiger partial charge in [-0.15, -0.1) is 0 Å². The summed E-state index contributed by atoms with van der Waals surface area (Å²) in [5.74, 6) is 1.66. The average molecular weight is 450 g/mol. The topological polar surface area (TPSA) is 74.3 Å². The van der Waals surface area contributed by atoms with Crippen LogP contribution in [0.4, 0.5) is 4.79 Å². The zero-order valence-corrected chi connectivity index (χ0v) is 18.2. The number of hydrogen-bond acceptors (Lipinski definition) is 7. The number of halogens is 1. The van der Waals surface area contributed by atoms with Gasteiger partial charge in [0.1, 0.15) is 6.61 Å². The average Bonchev–Trinajstić information content (AvgIpc) is 3.02. The van der Waals surface area contributed by atoms with Gasteiger partial charge in [0.25, 0.3) is 11.1 Å². The Morgan fingerprint density at radius 1 is 0.967 bits per heavy atom. The first-order valence-electron chi connectivity index (χ1n) is 8.91. The van der Waals surface area contributed by atoms with Crippen LogP contribution in [0.3, 0.4) is 0 Å². The van der Waals surface area contributed by atoms with Gasteiger partial charge in [0.05, 0.1) is 37.8 Å². The molecular formula is C21H20ClNO6S. The number of carbonyl (C=O) groups is 2. The van der Waals surface area contributed by atoms with Gasteiger partial charge in [-0.3, -0.25) is 14.5 Å². The summed E-state index contributed by atoms with van der Waals surface area (Å²) in [5.41, 5.74) is 0.546. The SMILES string of the molecule is COc1cc(Cl)c(/C=C2\SC(=O)N(CCOc3ccccc3OC)C2=O)cc1OC. The quantitative estimate of drug-likeness (QED) is 0.550. The molecule has 0 unspecified atom stereocenters. The molecule has 9 heteroatoms. The van der Waals surface area contributed by atoms with Crippen molar-refractivity contribution in [2.24, 2.45) is 0 Å². The molecule has 1 heterocycles.